The maximum absolute atomic E-state index is 5.74. The minimum absolute atomic E-state index is 0.0939. The first-order valence-electron chi connectivity index (χ1n) is 6.13. The molecule has 102 valence electrons. The molecule has 0 heterocycles. The van der Waals surface area contributed by atoms with Crippen molar-refractivity contribution >= 4 is 0 Å². The van der Waals surface area contributed by atoms with E-state index in [2.05, 4.69) is 11.4 Å². The van der Waals surface area contributed by atoms with Crippen molar-refractivity contribution in [3.05, 3.63) is 29.8 Å². The Morgan fingerprint density at radius 2 is 2.00 bits per heavy atom. The Morgan fingerprint density at radius 1 is 1.22 bits per heavy atom. The normalized spacial score (nSPS) is 14.2. The van der Waals surface area contributed by atoms with E-state index >= 15 is 0 Å². The molecule has 0 amide bonds. The summed E-state index contributed by atoms with van der Waals surface area (Å²) < 4.78 is 16.0. The van der Waals surface area contributed by atoms with Gasteiger partial charge >= 0.3 is 0 Å². The van der Waals surface area contributed by atoms with Crippen molar-refractivity contribution in [1.82, 2.24) is 5.32 Å². The van der Waals surface area contributed by atoms with E-state index in [9.17, 15) is 0 Å². The van der Waals surface area contributed by atoms with Crippen LogP contribution in [0.2, 0.25) is 0 Å². The summed E-state index contributed by atoms with van der Waals surface area (Å²) in [5.41, 5.74) is 1.15. The van der Waals surface area contributed by atoms with E-state index in [1.54, 1.807) is 14.2 Å². The van der Waals surface area contributed by atoms with Crippen molar-refractivity contribution in [2.75, 3.05) is 34.5 Å². The van der Waals surface area contributed by atoms with Gasteiger partial charge in [0, 0.05) is 7.11 Å². The molecule has 0 aliphatic heterocycles. The quantitative estimate of drug-likeness (QED) is 0.769. The highest BCUT2D eigenvalue weighted by molar-refractivity contribution is 5.30. The van der Waals surface area contributed by atoms with Crippen LogP contribution in [-0.2, 0) is 9.47 Å². The van der Waals surface area contributed by atoms with Crippen LogP contribution in [0.4, 0.5) is 0 Å². The number of rotatable bonds is 8. The molecule has 2 atom stereocenters. The van der Waals surface area contributed by atoms with Gasteiger partial charge in [0.15, 0.2) is 0 Å². The molecule has 4 nitrogen and oxygen atoms in total. The summed E-state index contributed by atoms with van der Waals surface area (Å²) in [6, 6.07) is 8.15. The van der Waals surface area contributed by atoms with Crippen LogP contribution >= 0.6 is 0 Å². The van der Waals surface area contributed by atoms with Crippen molar-refractivity contribution < 1.29 is 14.2 Å². The highest BCUT2D eigenvalue weighted by atomic mass is 16.5. The van der Waals surface area contributed by atoms with Gasteiger partial charge in [0.25, 0.3) is 0 Å². The average Bonchev–Trinajstić information content (AvgIpc) is 2.40. The summed E-state index contributed by atoms with van der Waals surface area (Å²) in [6.07, 6.45) is 0.0939. The van der Waals surface area contributed by atoms with E-state index in [-0.39, 0.29) is 12.1 Å². The number of hydrogen-bond donors (Lipinski definition) is 1. The Hall–Kier alpha value is -1.10. The van der Waals surface area contributed by atoms with E-state index in [1.165, 1.54) is 0 Å². The minimum Gasteiger partial charge on any atom is -0.497 e. The lowest BCUT2D eigenvalue weighted by molar-refractivity contribution is 0.000197. The first-order chi connectivity index (χ1) is 8.71. The fraction of sp³-hybridized carbons (Fsp3) is 0.571. The molecule has 1 rings (SSSR count). The average molecular weight is 253 g/mol. The first kappa shape index (κ1) is 15.0. The number of ether oxygens (including phenoxy) is 3. The maximum Gasteiger partial charge on any atom is 0.119 e. The largest absolute Gasteiger partial charge is 0.497 e. The van der Waals surface area contributed by atoms with E-state index in [4.69, 9.17) is 14.2 Å². The van der Waals surface area contributed by atoms with Gasteiger partial charge in [-0.1, -0.05) is 12.1 Å². The van der Waals surface area contributed by atoms with Crippen LogP contribution in [0.5, 0.6) is 5.75 Å². The van der Waals surface area contributed by atoms with Crippen molar-refractivity contribution in [3.63, 3.8) is 0 Å². The molecular formula is C14H23NO3. The van der Waals surface area contributed by atoms with Crippen molar-refractivity contribution in [3.8, 4) is 5.75 Å². The lowest BCUT2D eigenvalue weighted by Crippen LogP contribution is -2.25. The smallest absolute Gasteiger partial charge is 0.119 e. The Bertz CT molecular complexity index is 344. The van der Waals surface area contributed by atoms with Crippen LogP contribution in [0.15, 0.2) is 24.3 Å². The molecule has 0 aliphatic rings. The summed E-state index contributed by atoms with van der Waals surface area (Å²) in [5.74, 6) is 0.859. The van der Waals surface area contributed by atoms with Gasteiger partial charge in [-0.25, -0.2) is 0 Å². The predicted molar refractivity (Wildman–Crippen MR) is 72.1 cm³/mol. The Labute approximate surface area is 109 Å². The molecule has 2 unspecified atom stereocenters. The molecule has 0 spiro atoms. The Morgan fingerprint density at radius 3 is 2.61 bits per heavy atom. The summed E-state index contributed by atoms with van der Waals surface area (Å²) >= 11 is 0. The number of hydrogen-bond acceptors (Lipinski definition) is 4. The standard InChI is InChI=1S/C14H23NO3/c1-11(9-16-3)18-10-14(15-2)12-6-5-7-13(8-12)17-4/h5-8,11,14-15H,9-10H2,1-4H3. The molecule has 0 saturated heterocycles. The number of benzene rings is 1. The molecule has 1 aromatic rings. The van der Waals surface area contributed by atoms with Gasteiger partial charge in [-0.15, -0.1) is 0 Å². The molecule has 0 fully saturated rings. The van der Waals surface area contributed by atoms with Gasteiger partial charge in [0.1, 0.15) is 5.75 Å². The zero-order valence-electron chi connectivity index (χ0n) is 11.6. The molecule has 1 aromatic carbocycles. The fourth-order valence-corrected chi connectivity index (χ4v) is 1.75. The van der Waals surface area contributed by atoms with Gasteiger partial charge in [-0.3, -0.25) is 0 Å². The lowest BCUT2D eigenvalue weighted by atomic mass is 10.1. The summed E-state index contributed by atoms with van der Waals surface area (Å²) in [6.45, 7) is 3.21. The SMILES string of the molecule is CNC(COC(C)COC)c1cccc(OC)c1. The highest BCUT2D eigenvalue weighted by Gasteiger charge is 2.12. The molecule has 0 radical (unpaired) electrons. The van der Waals surface area contributed by atoms with Crippen LogP contribution in [-0.4, -0.2) is 40.6 Å². The van der Waals surface area contributed by atoms with Crippen molar-refractivity contribution in [1.29, 1.82) is 0 Å². The second-order valence-corrected chi connectivity index (χ2v) is 4.22. The van der Waals surface area contributed by atoms with Gasteiger partial charge in [0.2, 0.25) is 0 Å². The molecular weight excluding hydrogens is 230 g/mol. The first-order valence-corrected chi connectivity index (χ1v) is 6.13. The van der Waals surface area contributed by atoms with E-state index < -0.39 is 0 Å². The fourth-order valence-electron chi connectivity index (χ4n) is 1.75. The molecule has 1 N–H and O–H groups in total. The second-order valence-electron chi connectivity index (χ2n) is 4.22. The predicted octanol–water partition coefficient (Wildman–Crippen LogP) is 2.01. The van der Waals surface area contributed by atoms with Gasteiger partial charge in [0.05, 0.1) is 32.5 Å². The Kier molecular flexibility index (Phi) is 6.72. The van der Waals surface area contributed by atoms with Gasteiger partial charge in [-0.2, -0.15) is 0 Å². The van der Waals surface area contributed by atoms with Crippen LogP contribution in [0.3, 0.4) is 0 Å². The maximum atomic E-state index is 5.74. The zero-order chi connectivity index (χ0) is 13.4. The molecule has 0 saturated carbocycles. The van der Waals surface area contributed by atoms with E-state index in [1.807, 2.05) is 32.2 Å². The molecule has 18 heavy (non-hydrogen) atoms. The number of likely N-dealkylation sites (N-methyl/N-ethyl adjacent to an activating group) is 1. The molecule has 0 aromatic heterocycles. The third-order valence-electron chi connectivity index (χ3n) is 2.79. The monoisotopic (exact) mass is 253 g/mol. The second kappa shape index (κ2) is 8.08. The van der Waals surface area contributed by atoms with E-state index in [0.717, 1.165) is 11.3 Å². The van der Waals surface area contributed by atoms with Crippen molar-refractivity contribution in [2.45, 2.75) is 19.1 Å². The molecule has 4 heteroatoms. The van der Waals surface area contributed by atoms with Crippen LogP contribution in [0.25, 0.3) is 0 Å². The van der Waals surface area contributed by atoms with Gasteiger partial charge < -0.3 is 19.5 Å². The van der Waals surface area contributed by atoms with E-state index in [0.29, 0.717) is 13.2 Å². The third-order valence-corrected chi connectivity index (χ3v) is 2.79. The summed E-state index contributed by atoms with van der Waals surface area (Å²) in [5, 5.41) is 3.25. The summed E-state index contributed by atoms with van der Waals surface area (Å²) in [7, 11) is 5.27. The summed E-state index contributed by atoms with van der Waals surface area (Å²) in [4.78, 5) is 0. The van der Waals surface area contributed by atoms with Crippen LogP contribution in [0.1, 0.15) is 18.5 Å². The third kappa shape index (κ3) is 4.64. The lowest BCUT2D eigenvalue weighted by Gasteiger charge is -2.20. The number of methoxy groups -OCH3 is 2. The van der Waals surface area contributed by atoms with Crippen molar-refractivity contribution in [2.24, 2.45) is 0 Å². The molecule has 0 bridgehead atoms. The zero-order valence-corrected chi connectivity index (χ0v) is 11.6. The van der Waals surface area contributed by atoms with Gasteiger partial charge in [-0.05, 0) is 31.7 Å². The molecule has 0 aliphatic carbocycles. The minimum atomic E-state index is 0.0939. The van der Waals surface area contributed by atoms with Crippen LogP contribution < -0.4 is 10.1 Å². The highest BCUT2D eigenvalue weighted by Crippen LogP contribution is 2.19. The van der Waals surface area contributed by atoms with Crippen LogP contribution in [0, 0.1) is 0 Å². The Balaban J connectivity index is 2.59. The topological polar surface area (TPSA) is 39.7 Å². The number of nitrogens with one attached hydrogen (secondary N) is 1.